The zero-order valence-electron chi connectivity index (χ0n) is 8.61. The SMILES string of the molecule is CCCN(CCO)c1ccc(N)cc1. The van der Waals surface area contributed by atoms with E-state index in [4.69, 9.17) is 10.8 Å². The molecule has 0 aliphatic heterocycles. The highest BCUT2D eigenvalue weighted by Crippen LogP contribution is 2.16. The highest BCUT2D eigenvalue weighted by molar-refractivity contribution is 5.53. The molecule has 0 heterocycles. The molecule has 0 spiro atoms. The van der Waals surface area contributed by atoms with Gasteiger partial charge in [-0.3, -0.25) is 0 Å². The van der Waals surface area contributed by atoms with Gasteiger partial charge in [0.15, 0.2) is 0 Å². The van der Waals surface area contributed by atoms with Crippen molar-refractivity contribution in [3.8, 4) is 0 Å². The van der Waals surface area contributed by atoms with Crippen LogP contribution in [0.25, 0.3) is 0 Å². The number of nitrogens with two attached hydrogens (primary N) is 1. The van der Waals surface area contributed by atoms with E-state index in [1.165, 1.54) is 0 Å². The van der Waals surface area contributed by atoms with Crippen LogP contribution in [0.5, 0.6) is 0 Å². The van der Waals surface area contributed by atoms with Gasteiger partial charge in [-0.1, -0.05) is 6.92 Å². The maximum absolute atomic E-state index is 8.91. The molecule has 14 heavy (non-hydrogen) atoms. The van der Waals surface area contributed by atoms with Crippen molar-refractivity contribution in [3.05, 3.63) is 24.3 Å². The zero-order chi connectivity index (χ0) is 10.4. The van der Waals surface area contributed by atoms with Gasteiger partial charge in [-0.2, -0.15) is 0 Å². The Morgan fingerprint density at radius 2 is 1.86 bits per heavy atom. The minimum atomic E-state index is 0.185. The Bertz CT molecular complexity index is 252. The van der Waals surface area contributed by atoms with Gasteiger partial charge in [0.05, 0.1) is 6.61 Å². The van der Waals surface area contributed by atoms with Crippen LogP contribution in [0.15, 0.2) is 24.3 Å². The third-order valence-electron chi connectivity index (χ3n) is 2.12. The Morgan fingerprint density at radius 1 is 1.21 bits per heavy atom. The van der Waals surface area contributed by atoms with E-state index in [9.17, 15) is 0 Å². The first kappa shape index (κ1) is 10.9. The average Bonchev–Trinajstić information content (AvgIpc) is 2.19. The first-order valence-electron chi connectivity index (χ1n) is 4.99. The van der Waals surface area contributed by atoms with Gasteiger partial charge in [0.25, 0.3) is 0 Å². The number of rotatable bonds is 5. The number of hydrogen-bond donors (Lipinski definition) is 2. The Kier molecular flexibility index (Phi) is 4.26. The summed E-state index contributed by atoms with van der Waals surface area (Å²) in [5, 5.41) is 8.91. The molecule has 78 valence electrons. The fraction of sp³-hybridized carbons (Fsp3) is 0.455. The van der Waals surface area contributed by atoms with Gasteiger partial charge < -0.3 is 15.7 Å². The van der Waals surface area contributed by atoms with Crippen LogP contribution < -0.4 is 10.6 Å². The van der Waals surface area contributed by atoms with Gasteiger partial charge in [0.2, 0.25) is 0 Å². The molecule has 0 aliphatic carbocycles. The molecule has 1 aromatic carbocycles. The lowest BCUT2D eigenvalue weighted by Gasteiger charge is -2.23. The molecule has 0 aliphatic rings. The first-order chi connectivity index (χ1) is 6.77. The average molecular weight is 194 g/mol. The van der Waals surface area contributed by atoms with Crippen molar-refractivity contribution < 1.29 is 5.11 Å². The van der Waals surface area contributed by atoms with Crippen molar-refractivity contribution in [1.82, 2.24) is 0 Å². The Morgan fingerprint density at radius 3 is 2.36 bits per heavy atom. The van der Waals surface area contributed by atoms with E-state index >= 15 is 0 Å². The number of aliphatic hydroxyl groups excluding tert-OH is 1. The van der Waals surface area contributed by atoms with Crippen molar-refractivity contribution in [3.63, 3.8) is 0 Å². The van der Waals surface area contributed by atoms with Gasteiger partial charge >= 0.3 is 0 Å². The van der Waals surface area contributed by atoms with E-state index in [-0.39, 0.29) is 6.61 Å². The Hall–Kier alpha value is -1.22. The van der Waals surface area contributed by atoms with Gasteiger partial charge in [-0.05, 0) is 30.7 Å². The van der Waals surface area contributed by atoms with Crippen LogP contribution in [-0.2, 0) is 0 Å². The van der Waals surface area contributed by atoms with Crippen LogP contribution in [0.2, 0.25) is 0 Å². The Labute approximate surface area is 85.2 Å². The second-order valence-corrected chi connectivity index (χ2v) is 3.30. The molecular formula is C11H18N2O. The number of nitrogens with zero attached hydrogens (tertiary/aromatic N) is 1. The van der Waals surface area contributed by atoms with E-state index in [1.807, 2.05) is 24.3 Å². The molecular weight excluding hydrogens is 176 g/mol. The fourth-order valence-electron chi connectivity index (χ4n) is 1.45. The lowest BCUT2D eigenvalue weighted by Crippen LogP contribution is -2.27. The van der Waals surface area contributed by atoms with Crippen LogP contribution in [0, 0.1) is 0 Å². The van der Waals surface area contributed by atoms with Crippen LogP contribution in [-0.4, -0.2) is 24.8 Å². The topological polar surface area (TPSA) is 49.5 Å². The van der Waals surface area contributed by atoms with Gasteiger partial charge in [-0.25, -0.2) is 0 Å². The lowest BCUT2D eigenvalue weighted by atomic mass is 10.2. The third-order valence-corrected chi connectivity index (χ3v) is 2.12. The molecule has 0 atom stereocenters. The summed E-state index contributed by atoms with van der Waals surface area (Å²) >= 11 is 0. The van der Waals surface area contributed by atoms with E-state index < -0.39 is 0 Å². The van der Waals surface area contributed by atoms with Crippen molar-refractivity contribution in [1.29, 1.82) is 0 Å². The standard InChI is InChI=1S/C11H18N2O/c1-2-7-13(8-9-14)11-5-3-10(12)4-6-11/h3-6,14H,2,7-9,12H2,1H3. The quantitative estimate of drug-likeness (QED) is 0.698. The summed E-state index contributed by atoms with van der Waals surface area (Å²) in [5.74, 6) is 0. The van der Waals surface area contributed by atoms with E-state index in [0.717, 1.165) is 24.3 Å². The normalized spacial score (nSPS) is 10.1. The summed E-state index contributed by atoms with van der Waals surface area (Å²) in [6, 6.07) is 7.74. The summed E-state index contributed by atoms with van der Waals surface area (Å²) in [6.07, 6.45) is 1.07. The molecule has 0 fully saturated rings. The highest BCUT2D eigenvalue weighted by Gasteiger charge is 2.03. The fourth-order valence-corrected chi connectivity index (χ4v) is 1.45. The second-order valence-electron chi connectivity index (χ2n) is 3.30. The predicted molar refractivity (Wildman–Crippen MR) is 60.4 cm³/mol. The van der Waals surface area contributed by atoms with Crippen molar-refractivity contribution in [2.75, 3.05) is 30.3 Å². The summed E-state index contributed by atoms with van der Waals surface area (Å²) in [7, 11) is 0. The minimum Gasteiger partial charge on any atom is -0.399 e. The summed E-state index contributed by atoms with van der Waals surface area (Å²) in [4.78, 5) is 2.15. The number of anilines is 2. The van der Waals surface area contributed by atoms with Gasteiger partial charge in [0.1, 0.15) is 0 Å². The molecule has 0 saturated heterocycles. The van der Waals surface area contributed by atoms with E-state index in [0.29, 0.717) is 6.54 Å². The number of hydrogen-bond acceptors (Lipinski definition) is 3. The maximum Gasteiger partial charge on any atom is 0.0606 e. The van der Waals surface area contributed by atoms with Gasteiger partial charge in [0, 0.05) is 24.5 Å². The highest BCUT2D eigenvalue weighted by atomic mass is 16.3. The molecule has 0 unspecified atom stereocenters. The van der Waals surface area contributed by atoms with Crippen LogP contribution >= 0.6 is 0 Å². The molecule has 0 amide bonds. The number of nitrogen functional groups attached to an aromatic ring is 1. The summed E-state index contributed by atoms with van der Waals surface area (Å²) < 4.78 is 0. The Balaban J connectivity index is 2.71. The lowest BCUT2D eigenvalue weighted by molar-refractivity contribution is 0.302. The van der Waals surface area contributed by atoms with Crippen LogP contribution in [0.4, 0.5) is 11.4 Å². The predicted octanol–water partition coefficient (Wildman–Crippen LogP) is 1.48. The van der Waals surface area contributed by atoms with E-state index in [1.54, 1.807) is 0 Å². The molecule has 0 radical (unpaired) electrons. The first-order valence-corrected chi connectivity index (χ1v) is 4.99. The zero-order valence-corrected chi connectivity index (χ0v) is 8.61. The molecule has 3 heteroatoms. The molecule has 0 saturated carbocycles. The smallest absolute Gasteiger partial charge is 0.0606 e. The molecule has 3 N–H and O–H groups in total. The second kappa shape index (κ2) is 5.50. The molecule has 3 nitrogen and oxygen atoms in total. The molecule has 1 aromatic rings. The van der Waals surface area contributed by atoms with Crippen LogP contribution in [0.3, 0.4) is 0 Å². The maximum atomic E-state index is 8.91. The molecule has 1 rings (SSSR count). The van der Waals surface area contributed by atoms with Crippen LogP contribution in [0.1, 0.15) is 13.3 Å². The summed E-state index contributed by atoms with van der Waals surface area (Å²) in [6.45, 7) is 3.95. The summed E-state index contributed by atoms with van der Waals surface area (Å²) in [5.41, 5.74) is 7.50. The van der Waals surface area contributed by atoms with Crippen molar-refractivity contribution in [2.45, 2.75) is 13.3 Å². The van der Waals surface area contributed by atoms with Gasteiger partial charge in [-0.15, -0.1) is 0 Å². The number of benzene rings is 1. The molecule has 0 aromatic heterocycles. The van der Waals surface area contributed by atoms with Crippen molar-refractivity contribution in [2.24, 2.45) is 0 Å². The monoisotopic (exact) mass is 194 g/mol. The largest absolute Gasteiger partial charge is 0.399 e. The minimum absolute atomic E-state index is 0.185. The molecule has 0 bridgehead atoms. The third kappa shape index (κ3) is 2.92. The number of aliphatic hydroxyl groups is 1. The van der Waals surface area contributed by atoms with Crippen molar-refractivity contribution >= 4 is 11.4 Å². The van der Waals surface area contributed by atoms with E-state index in [2.05, 4.69) is 11.8 Å².